The van der Waals surface area contributed by atoms with Crippen LogP contribution in [0.1, 0.15) is 0 Å². The van der Waals surface area contributed by atoms with Crippen LogP contribution in [0.15, 0.2) is 41.8 Å². The fourth-order valence-corrected chi connectivity index (χ4v) is 3.42. The molecule has 3 rings (SSSR count). The number of aromatic nitrogens is 3. The quantitative estimate of drug-likeness (QED) is 0.578. The minimum atomic E-state index is 0.886. The lowest BCUT2D eigenvalue weighted by molar-refractivity contribution is 0.790. The molecule has 0 fully saturated rings. The third kappa shape index (κ3) is 2.90. The number of benzene rings is 1. The smallest absolute Gasteiger partial charge is 0.183 e. The Morgan fingerprint density at radius 2 is 2.26 bits per heavy atom. The van der Waals surface area contributed by atoms with E-state index in [4.69, 9.17) is 0 Å². The van der Waals surface area contributed by atoms with Gasteiger partial charge < -0.3 is 9.88 Å². The molecule has 0 amide bonds. The lowest BCUT2D eigenvalue weighted by atomic mass is 10.3. The van der Waals surface area contributed by atoms with Crippen molar-refractivity contribution in [2.24, 2.45) is 7.05 Å². The molecule has 0 bridgehead atoms. The van der Waals surface area contributed by atoms with Crippen molar-refractivity contribution in [3.63, 3.8) is 0 Å². The molecule has 98 valence electrons. The molecule has 6 heteroatoms. The number of nitrogens with one attached hydrogen (secondary N) is 1. The third-order valence-electron chi connectivity index (χ3n) is 2.68. The van der Waals surface area contributed by atoms with Crippen LogP contribution < -0.4 is 5.32 Å². The number of fused-ring (bicyclic) bond motifs is 1. The maximum atomic E-state index is 4.54. The monoisotopic (exact) mass is 290 g/mol. The number of thiazole rings is 1. The fraction of sp³-hybridized carbons (Fsp3) is 0.231. The molecule has 19 heavy (non-hydrogen) atoms. The predicted molar refractivity (Wildman–Crippen MR) is 82.0 cm³/mol. The van der Waals surface area contributed by atoms with Crippen molar-refractivity contribution in [3.8, 4) is 0 Å². The fourth-order valence-electron chi connectivity index (χ4n) is 1.74. The van der Waals surface area contributed by atoms with Gasteiger partial charge >= 0.3 is 0 Å². The largest absolute Gasteiger partial charge is 0.361 e. The first-order valence-corrected chi connectivity index (χ1v) is 7.83. The van der Waals surface area contributed by atoms with Crippen LogP contribution in [0.3, 0.4) is 0 Å². The van der Waals surface area contributed by atoms with Crippen molar-refractivity contribution in [3.05, 3.63) is 36.7 Å². The zero-order valence-electron chi connectivity index (χ0n) is 10.5. The van der Waals surface area contributed by atoms with Gasteiger partial charge in [0.15, 0.2) is 10.3 Å². The number of hydrogen-bond donors (Lipinski definition) is 1. The Morgan fingerprint density at radius 3 is 3.05 bits per heavy atom. The summed E-state index contributed by atoms with van der Waals surface area (Å²) >= 11 is 3.44. The van der Waals surface area contributed by atoms with E-state index in [1.165, 1.54) is 4.70 Å². The van der Waals surface area contributed by atoms with Gasteiger partial charge in [-0.25, -0.2) is 9.97 Å². The van der Waals surface area contributed by atoms with Crippen LogP contribution in [0.25, 0.3) is 10.2 Å². The second-order valence-corrected chi connectivity index (χ2v) is 6.18. The van der Waals surface area contributed by atoms with E-state index in [2.05, 4.69) is 21.4 Å². The van der Waals surface area contributed by atoms with Crippen LogP contribution in [-0.4, -0.2) is 26.8 Å². The maximum Gasteiger partial charge on any atom is 0.183 e. The molecule has 1 N–H and O–H groups in total. The first-order chi connectivity index (χ1) is 9.33. The number of nitrogens with zero attached hydrogens (tertiary/aromatic N) is 3. The van der Waals surface area contributed by atoms with Crippen LogP contribution in [0.5, 0.6) is 0 Å². The highest BCUT2D eigenvalue weighted by molar-refractivity contribution is 7.99. The Bertz CT molecular complexity index is 641. The summed E-state index contributed by atoms with van der Waals surface area (Å²) in [7, 11) is 2.01. The second kappa shape index (κ2) is 5.63. The summed E-state index contributed by atoms with van der Waals surface area (Å²) in [5.41, 5.74) is 1.06. The normalized spacial score (nSPS) is 11.0. The van der Waals surface area contributed by atoms with E-state index in [9.17, 15) is 0 Å². The number of rotatable bonds is 5. The molecule has 1 aromatic carbocycles. The third-order valence-corrected chi connectivity index (χ3v) is 4.73. The van der Waals surface area contributed by atoms with Gasteiger partial charge in [0.25, 0.3) is 0 Å². The molecule has 0 unspecified atom stereocenters. The van der Waals surface area contributed by atoms with Gasteiger partial charge in [-0.3, -0.25) is 0 Å². The Kier molecular flexibility index (Phi) is 3.70. The number of para-hydroxylation sites is 1. The van der Waals surface area contributed by atoms with Crippen molar-refractivity contribution in [1.29, 1.82) is 0 Å². The van der Waals surface area contributed by atoms with Gasteiger partial charge in [0.1, 0.15) is 0 Å². The molecule has 0 saturated heterocycles. The predicted octanol–water partition coefficient (Wildman–Crippen LogP) is 3.23. The lowest BCUT2D eigenvalue weighted by Crippen LogP contribution is -2.04. The van der Waals surface area contributed by atoms with Gasteiger partial charge in [0, 0.05) is 31.7 Å². The van der Waals surface area contributed by atoms with Crippen LogP contribution >= 0.6 is 23.1 Å². The van der Waals surface area contributed by atoms with Crippen LogP contribution in [0, 0.1) is 0 Å². The summed E-state index contributed by atoms with van der Waals surface area (Å²) < 4.78 is 3.25. The van der Waals surface area contributed by atoms with Gasteiger partial charge in [-0.2, -0.15) is 0 Å². The number of imidazole rings is 1. The van der Waals surface area contributed by atoms with E-state index >= 15 is 0 Å². The van der Waals surface area contributed by atoms with E-state index in [-0.39, 0.29) is 0 Å². The molecule has 2 aromatic heterocycles. The molecule has 0 aliphatic rings. The van der Waals surface area contributed by atoms with Crippen molar-refractivity contribution in [2.45, 2.75) is 5.16 Å². The Hall–Kier alpha value is -1.53. The molecule has 2 heterocycles. The SMILES string of the molecule is Cn1ccnc1SCCNc1nc2ccccc2s1. The first-order valence-electron chi connectivity index (χ1n) is 6.02. The van der Waals surface area contributed by atoms with Gasteiger partial charge in [-0.05, 0) is 12.1 Å². The van der Waals surface area contributed by atoms with E-state index in [1.54, 1.807) is 23.1 Å². The minimum absolute atomic E-state index is 0.886. The molecule has 0 radical (unpaired) electrons. The van der Waals surface area contributed by atoms with Crippen molar-refractivity contribution < 1.29 is 0 Å². The van der Waals surface area contributed by atoms with Crippen molar-refractivity contribution >= 4 is 38.4 Å². The van der Waals surface area contributed by atoms with Gasteiger partial charge in [0.05, 0.1) is 10.2 Å². The zero-order chi connectivity index (χ0) is 13.1. The average Bonchev–Trinajstić information content (AvgIpc) is 3.00. The van der Waals surface area contributed by atoms with Crippen LogP contribution in [0.2, 0.25) is 0 Å². The van der Waals surface area contributed by atoms with Gasteiger partial charge in [-0.1, -0.05) is 35.2 Å². The molecule has 3 aromatic rings. The maximum absolute atomic E-state index is 4.54. The van der Waals surface area contributed by atoms with Gasteiger partial charge in [-0.15, -0.1) is 0 Å². The highest BCUT2D eigenvalue weighted by Gasteiger charge is 2.03. The molecular weight excluding hydrogens is 276 g/mol. The van der Waals surface area contributed by atoms with Crippen molar-refractivity contribution in [2.75, 3.05) is 17.6 Å². The molecule has 0 aliphatic heterocycles. The number of aryl methyl sites for hydroxylation is 1. The van der Waals surface area contributed by atoms with E-state index in [0.29, 0.717) is 0 Å². The zero-order valence-corrected chi connectivity index (χ0v) is 12.2. The Balaban J connectivity index is 1.53. The van der Waals surface area contributed by atoms with Crippen LogP contribution in [-0.2, 0) is 7.05 Å². The minimum Gasteiger partial charge on any atom is -0.361 e. The number of thioether (sulfide) groups is 1. The lowest BCUT2D eigenvalue weighted by Gasteiger charge is -2.02. The first kappa shape index (κ1) is 12.5. The standard InChI is InChI=1S/C13H14N4S2/c1-17-8-6-15-13(17)18-9-7-14-12-16-10-4-2-3-5-11(10)19-12/h2-6,8H,7,9H2,1H3,(H,14,16). The Morgan fingerprint density at radius 1 is 1.37 bits per heavy atom. The summed E-state index contributed by atoms with van der Waals surface area (Å²) in [5, 5.41) is 5.40. The summed E-state index contributed by atoms with van der Waals surface area (Å²) in [6, 6.07) is 8.20. The summed E-state index contributed by atoms with van der Waals surface area (Å²) in [5.74, 6) is 0.973. The average molecular weight is 290 g/mol. The molecule has 0 saturated carbocycles. The van der Waals surface area contributed by atoms with E-state index < -0.39 is 0 Å². The Labute approximate surface area is 119 Å². The van der Waals surface area contributed by atoms with Gasteiger partial charge in [0.2, 0.25) is 0 Å². The number of hydrogen-bond acceptors (Lipinski definition) is 5. The summed E-state index contributed by atoms with van der Waals surface area (Å²) in [4.78, 5) is 8.82. The molecule has 0 aliphatic carbocycles. The molecule has 0 spiro atoms. The van der Waals surface area contributed by atoms with E-state index in [1.807, 2.05) is 42.2 Å². The van der Waals surface area contributed by atoms with E-state index in [0.717, 1.165) is 28.1 Å². The topological polar surface area (TPSA) is 42.7 Å². The molecule has 4 nitrogen and oxygen atoms in total. The number of anilines is 1. The second-order valence-electron chi connectivity index (χ2n) is 4.08. The summed E-state index contributed by atoms with van der Waals surface area (Å²) in [6.07, 6.45) is 3.78. The van der Waals surface area contributed by atoms with Crippen LogP contribution in [0.4, 0.5) is 5.13 Å². The molecular formula is C13H14N4S2. The highest BCUT2D eigenvalue weighted by atomic mass is 32.2. The highest BCUT2D eigenvalue weighted by Crippen LogP contribution is 2.25. The molecule has 0 atom stereocenters. The summed E-state index contributed by atoms with van der Waals surface area (Å²) in [6.45, 7) is 0.886. The van der Waals surface area contributed by atoms with Crippen molar-refractivity contribution in [1.82, 2.24) is 14.5 Å².